The highest BCUT2D eigenvalue weighted by atomic mass is 35.5. The van der Waals surface area contributed by atoms with Crippen molar-refractivity contribution in [2.45, 2.75) is 45.4 Å². The Morgan fingerprint density at radius 2 is 1.69 bits per heavy atom. The summed E-state index contributed by atoms with van der Waals surface area (Å²) in [5, 5.41) is 0. The van der Waals surface area contributed by atoms with Gasteiger partial charge in [0.05, 0.1) is 0 Å². The first-order chi connectivity index (χ1) is 6.29. The van der Waals surface area contributed by atoms with Crippen molar-refractivity contribution in [3.8, 4) is 0 Å². The lowest BCUT2D eigenvalue weighted by Gasteiger charge is -2.35. The molecule has 2 heteroatoms. The molecule has 1 aliphatic rings. The summed E-state index contributed by atoms with van der Waals surface area (Å²) in [6.45, 7) is 2.22. The van der Waals surface area contributed by atoms with Crippen LogP contribution >= 0.6 is 23.2 Å². The molecule has 0 aromatic rings. The van der Waals surface area contributed by atoms with Gasteiger partial charge in [0, 0.05) is 17.2 Å². The number of rotatable bonds is 5. The van der Waals surface area contributed by atoms with Crippen molar-refractivity contribution in [2.75, 3.05) is 11.8 Å². The normalized spacial score (nSPS) is 19.6. The molecule has 0 heterocycles. The maximum Gasteiger partial charge on any atom is 0.0294 e. The molecule has 0 unspecified atom stereocenters. The largest absolute Gasteiger partial charge is 0.126 e. The number of hydrogen-bond acceptors (Lipinski definition) is 0. The maximum absolute atomic E-state index is 6.10. The summed E-state index contributed by atoms with van der Waals surface area (Å²) >= 11 is 12.2. The molecule has 0 aromatic carbocycles. The Labute approximate surface area is 92.0 Å². The molecule has 0 amide bonds. The molecule has 0 saturated heterocycles. The molecular weight excluding hydrogens is 203 g/mol. The third-order valence-electron chi connectivity index (χ3n) is 3.50. The summed E-state index contributed by atoms with van der Waals surface area (Å²) in [5.74, 6) is 2.28. The van der Waals surface area contributed by atoms with Crippen LogP contribution < -0.4 is 0 Å². The lowest BCUT2D eigenvalue weighted by Crippen LogP contribution is -2.33. The second-order valence-corrected chi connectivity index (χ2v) is 4.90. The average molecular weight is 223 g/mol. The van der Waals surface area contributed by atoms with Gasteiger partial charge < -0.3 is 0 Å². The van der Waals surface area contributed by atoms with Gasteiger partial charge in [-0.1, -0.05) is 26.2 Å². The minimum absolute atomic E-state index is 0.244. The molecule has 78 valence electrons. The Morgan fingerprint density at radius 3 is 2.08 bits per heavy atom. The van der Waals surface area contributed by atoms with E-state index in [0.717, 1.165) is 17.7 Å². The van der Waals surface area contributed by atoms with E-state index in [2.05, 4.69) is 6.92 Å². The molecule has 0 radical (unpaired) electrons. The number of alkyl halides is 2. The maximum atomic E-state index is 6.10. The van der Waals surface area contributed by atoms with Crippen molar-refractivity contribution in [1.29, 1.82) is 0 Å². The molecule has 1 aliphatic carbocycles. The van der Waals surface area contributed by atoms with Crippen molar-refractivity contribution in [3.05, 3.63) is 0 Å². The fraction of sp³-hybridized carbons (Fsp3) is 1.00. The summed E-state index contributed by atoms with van der Waals surface area (Å²) < 4.78 is 0. The molecule has 0 spiro atoms. The van der Waals surface area contributed by atoms with Crippen LogP contribution in [0.1, 0.15) is 45.4 Å². The zero-order chi connectivity index (χ0) is 9.73. The van der Waals surface area contributed by atoms with E-state index in [1.54, 1.807) is 0 Å². The fourth-order valence-corrected chi connectivity index (χ4v) is 3.62. The van der Waals surface area contributed by atoms with Gasteiger partial charge in [-0.05, 0) is 25.2 Å². The van der Waals surface area contributed by atoms with E-state index in [4.69, 9.17) is 23.2 Å². The minimum Gasteiger partial charge on any atom is -0.126 e. The molecule has 0 N–H and O–H groups in total. The van der Waals surface area contributed by atoms with E-state index in [1.807, 2.05) is 0 Å². The second kappa shape index (κ2) is 5.46. The number of halogens is 2. The van der Waals surface area contributed by atoms with Crippen LogP contribution in [0.4, 0.5) is 0 Å². The Morgan fingerprint density at radius 1 is 1.15 bits per heavy atom. The lowest BCUT2D eigenvalue weighted by atomic mass is 9.74. The molecule has 1 saturated carbocycles. The summed E-state index contributed by atoms with van der Waals surface area (Å²) in [5.41, 5.74) is 0.244. The third-order valence-corrected chi connectivity index (χ3v) is 4.57. The molecule has 0 aromatic heterocycles. The summed E-state index contributed by atoms with van der Waals surface area (Å²) in [6.07, 6.45) is 7.85. The molecule has 0 aliphatic heterocycles. The lowest BCUT2D eigenvalue weighted by molar-refractivity contribution is 0.207. The van der Waals surface area contributed by atoms with Gasteiger partial charge in [0.2, 0.25) is 0 Å². The second-order valence-electron chi connectivity index (χ2n) is 4.36. The van der Waals surface area contributed by atoms with Gasteiger partial charge in [-0.2, -0.15) is 0 Å². The predicted octanol–water partition coefficient (Wildman–Crippen LogP) is 4.44. The Kier molecular flexibility index (Phi) is 4.89. The third kappa shape index (κ3) is 2.53. The zero-order valence-electron chi connectivity index (χ0n) is 8.49. The zero-order valence-corrected chi connectivity index (χ0v) is 10.0. The first kappa shape index (κ1) is 11.7. The van der Waals surface area contributed by atoms with Gasteiger partial charge >= 0.3 is 0 Å². The molecule has 0 nitrogen and oxygen atoms in total. The average Bonchev–Trinajstić information content (AvgIpc) is 2.68. The molecular formula is C11H20Cl2. The summed E-state index contributed by atoms with van der Waals surface area (Å²) in [4.78, 5) is 0. The van der Waals surface area contributed by atoms with Gasteiger partial charge in [0.25, 0.3) is 0 Å². The fourth-order valence-electron chi connectivity index (χ4n) is 2.63. The van der Waals surface area contributed by atoms with E-state index in [9.17, 15) is 0 Å². The predicted molar refractivity (Wildman–Crippen MR) is 60.7 cm³/mol. The Bertz CT molecular complexity index is 135. The van der Waals surface area contributed by atoms with Crippen LogP contribution in [0, 0.1) is 11.3 Å². The molecule has 0 atom stereocenters. The Hall–Kier alpha value is 0.580. The Balaban J connectivity index is 2.62. The van der Waals surface area contributed by atoms with Crippen LogP contribution in [0.15, 0.2) is 0 Å². The van der Waals surface area contributed by atoms with E-state index in [0.29, 0.717) is 0 Å². The smallest absolute Gasteiger partial charge is 0.0294 e. The van der Waals surface area contributed by atoms with Crippen LogP contribution in [0.3, 0.4) is 0 Å². The van der Waals surface area contributed by atoms with Gasteiger partial charge in [0.1, 0.15) is 0 Å². The van der Waals surface area contributed by atoms with Crippen molar-refractivity contribution >= 4 is 23.2 Å². The summed E-state index contributed by atoms with van der Waals surface area (Å²) in [7, 11) is 0. The SMILES string of the molecule is CCCC(CCl)(CCl)C1CCCC1. The topological polar surface area (TPSA) is 0 Å². The molecule has 1 fully saturated rings. The summed E-state index contributed by atoms with van der Waals surface area (Å²) in [6, 6.07) is 0. The molecule has 1 rings (SSSR count). The van der Waals surface area contributed by atoms with Crippen LogP contribution in [0.5, 0.6) is 0 Å². The van der Waals surface area contributed by atoms with E-state index < -0.39 is 0 Å². The molecule has 0 bridgehead atoms. The van der Waals surface area contributed by atoms with E-state index >= 15 is 0 Å². The van der Waals surface area contributed by atoms with Gasteiger partial charge in [-0.3, -0.25) is 0 Å². The minimum atomic E-state index is 0.244. The van der Waals surface area contributed by atoms with E-state index in [1.165, 1.54) is 38.5 Å². The van der Waals surface area contributed by atoms with Gasteiger partial charge in [0.15, 0.2) is 0 Å². The standard InChI is InChI=1S/C11H20Cl2/c1-2-7-11(8-12,9-13)10-5-3-4-6-10/h10H,2-9H2,1H3. The van der Waals surface area contributed by atoms with E-state index in [-0.39, 0.29) is 5.41 Å². The van der Waals surface area contributed by atoms with Crippen molar-refractivity contribution in [1.82, 2.24) is 0 Å². The van der Waals surface area contributed by atoms with Crippen molar-refractivity contribution < 1.29 is 0 Å². The highest BCUT2D eigenvalue weighted by molar-refractivity contribution is 6.21. The highest BCUT2D eigenvalue weighted by Gasteiger charge is 2.37. The molecule has 13 heavy (non-hydrogen) atoms. The number of hydrogen-bond donors (Lipinski definition) is 0. The van der Waals surface area contributed by atoms with Gasteiger partial charge in [-0.15, -0.1) is 23.2 Å². The van der Waals surface area contributed by atoms with Crippen LogP contribution in [0.25, 0.3) is 0 Å². The van der Waals surface area contributed by atoms with Crippen LogP contribution in [-0.4, -0.2) is 11.8 Å². The van der Waals surface area contributed by atoms with Crippen LogP contribution in [-0.2, 0) is 0 Å². The first-order valence-corrected chi connectivity index (χ1v) is 6.48. The van der Waals surface area contributed by atoms with Crippen molar-refractivity contribution in [2.24, 2.45) is 11.3 Å². The highest BCUT2D eigenvalue weighted by Crippen LogP contribution is 2.44. The van der Waals surface area contributed by atoms with Gasteiger partial charge in [-0.25, -0.2) is 0 Å². The van der Waals surface area contributed by atoms with Crippen molar-refractivity contribution in [3.63, 3.8) is 0 Å². The monoisotopic (exact) mass is 222 g/mol. The first-order valence-electron chi connectivity index (χ1n) is 5.41. The van der Waals surface area contributed by atoms with Crippen LogP contribution in [0.2, 0.25) is 0 Å². The quantitative estimate of drug-likeness (QED) is 0.604.